The van der Waals surface area contributed by atoms with Crippen molar-refractivity contribution in [1.82, 2.24) is 19.7 Å². The van der Waals surface area contributed by atoms with Gasteiger partial charge in [0, 0.05) is 11.0 Å². The first-order chi connectivity index (χ1) is 14.0. The largest absolute Gasteiger partial charge is 0.507 e. The number of rotatable bonds is 6. The van der Waals surface area contributed by atoms with E-state index < -0.39 is 0 Å². The minimum Gasteiger partial charge on any atom is -0.507 e. The third-order valence-electron chi connectivity index (χ3n) is 4.11. The molecule has 7 nitrogen and oxygen atoms in total. The van der Waals surface area contributed by atoms with Crippen LogP contribution in [0.5, 0.6) is 5.75 Å². The highest BCUT2D eigenvalue weighted by molar-refractivity contribution is 9.10. The van der Waals surface area contributed by atoms with Gasteiger partial charge in [0.1, 0.15) is 5.75 Å². The first kappa shape index (κ1) is 19.9. The summed E-state index contributed by atoms with van der Waals surface area (Å²) in [5.74, 6) is 0.700. The van der Waals surface area contributed by atoms with E-state index in [9.17, 15) is 9.90 Å². The number of carbonyl (C=O) groups is 1. The minimum absolute atomic E-state index is 0.125. The SMILES string of the molecule is CCn1c(SCC(=O)Nc2nc3ccccc3s2)nnc1-c1cc(Br)ccc1O. The highest BCUT2D eigenvalue weighted by Gasteiger charge is 2.18. The van der Waals surface area contributed by atoms with E-state index in [1.54, 1.807) is 18.2 Å². The number of hydrogen-bond donors (Lipinski definition) is 2. The standard InChI is InChI=1S/C19H16BrN5O2S2/c1-2-25-17(12-9-11(20)7-8-14(12)26)23-24-19(25)28-10-16(27)22-18-21-13-5-3-4-6-15(13)29-18/h3-9,26H,2,10H2,1H3,(H,21,22,27). The van der Waals surface area contributed by atoms with Crippen LogP contribution in [-0.4, -0.2) is 36.5 Å². The number of thiazole rings is 1. The second-order valence-corrected chi connectivity index (χ2v) is 8.92. The monoisotopic (exact) mass is 489 g/mol. The fraction of sp³-hybridized carbons (Fsp3) is 0.158. The highest BCUT2D eigenvalue weighted by Crippen LogP contribution is 2.33. The fourth-order valence-corrected chi connectivity index (χ4v) is 4.82. The van der Waals surface area contributed by atoms with Crippen LogP contribution >= 0.6 is 39.0 Å². The Morgan fingerprint density at radius 2 is 2.10 bits per heavy atom. The molecule has 148 valence electrons. The van der Waals surface area contributed by atoms with E-state index in [0.717, 1.165) is 14.7 Å². The van der Waals surface area contributed by atoms with Crippen LogP contribution in [0.3, 0.4) is 0 Å². The predicted octanol–water partition coefficient (Wildman–Crippen LogP) is 4.77. The van der Waals surface area contributed by atoms with Gasteiger partial charge in [-0.3, -0.25) is 4.79 Å². The number of nitrogens with zero attached hydrogens (tertiary/aromatic N) is 4. The maximum Gasteiger partial charge on any atom is 0.236 e. The summed E-state index contributed by atoms with van der Waals surface area (Å²) in [4.78, 5) is 16.8. The van der Waals surface area contributed by atoms with Gasteiger partial charge >= 0.3 is 0 Å². The Bertz CT molecular complexity index is 1160. The zero-order chi connectivity index (χ0) is 20.4. The van der Waals surface area contributed by atoms with E-state index in [1.807, 2.05) is 35.8 Å². The molecular formula is C19H16BrN5O2S2. The van der Waals surface area contributed by atoms with E-state index in [1.165, 1.54) is 23.1 Å². The minimum atomic E-state index is -0.161. The molecule has 0 radical (unpaired) electrons. The van der Waals surface area contributed by atoms with Gasteiger partial charge < -0.3 is 15.0 Å². The Morgan fingerprint density at radius 3 is 2.90 bits per heavy atom. The summed E-state index contributed by atoms with van der Waals surface area (Å²) in [6.45, 7) is 2.57. The van der Waals surface area contributed by atoms with Gasteiger partial charge in [-0.15, -0.1) is 10.2 Å². The van der Waals surface area contributed by atoms with Crippen molar-refractivity contribution in [2.24, 2.45) is 0 Å². The molecule has 0 unspecified atom stereocenters. The quantitative estimate of drug-likeness (QED) is 0.378. The number of para-hydroxylation sites is 1. The van der Waals surface area contributed by atoms with Crippen molar-refractivity contribution in [3.63, 3.8) is 0 Å². The van der Waals surface area contributed by atoms with Crippen LogP contribution in [0.1, 0.15) is 6.92 Å². The third-order valence-corrected chi connectivity index (χ3v) is 6.52. The Balaban J connectivity index is 1.47. The molecule has 2 heterocycles. The van der Waals surface area contributed by atoms with Gasteiger partial charge in [0.25, 0.3) is 0 Å². The summed E-state index contributed by atoms with van der Waals surface area (Å²) in [5.41, 5.74) is 1.45. The lowest BCUT2D eigenvalue weighted by Crippen LogP contribution is -2.14. The number of aromatic hydroxyl groups is 1. The van der Waals surface area contributed by atoms with Crippen molar-refractivity contribution in [3.05, 3.63) is 46.9 Å². The third kappa shape index (κ3) is 4.29. The van der Waals surface area contributed by atoms with Gasteiger partial charge in [-0.2, -0.15) is 0 Å². The molecule has 4 rings (SSSR count). The summed E-state index contributed by atoms with van der Waals surface area (Å²) in [7, 11) is 0. The summed E-state index contributed by atoms with van der Waals surface area (Å²) >= 11 is 6.14. The van der Waals surface area contributed by atoms with Crippen LogP contribution in [0.25, 0.3) is 21.6 Å². The lowest BCUT2D eigenvalue weighted by atomic mass is 10.2. The molecular weight excluding hydrogens is 474 g/mol. The van der Waals surface area contributed by atoms with Gasteiger partial charge in [-0.1, -0.05) is 51.2 Å². The number of phenols is 1. The number of carbonyl (C=O) groups excluding carboxylic acids is 1. The van der Waals surface area contributed by atoms with E-state index in [-0.39, 0.29) is 17.4 Å². The summed E-state index contributed by atoms with van der Waals surface area (Å²) < 4.78 is 3.73. The molecule has 1 amide bonds. The number of hydrogen-bond acceptors (Lipinski definition) is 7. The smallest absolute Gasteiger partial charge is 0.236 e. The molecule has 0 aliphatic rings. The maximum atomic E-state index is 12.4. The molecule has 4 aromatic rings. The Kier molecular flexibility index (Phi) is 5.84. The van der Waals surface area contributed by atoms with Crippen molar-refractivity contribution in [2.75, 3.05) is 11.1 Å². The van der Waals surface area contributed by atoms with Gasteiger partial charge in [0.05, 0.1) is 21.5 Å². The van der Waals surface area contributed by atoms with Gasteiger partial charge in [0.2, 0.25) is 5.91 Å². The topological polar surface area (TPSA) is 92.9 Å². The average molecular weight is 490 g/mol. The van der Waals surface area contributed by atoms with Crippen molar-refractivity contribution >= 4 is 60.3 Å². The Hall–Kier alpha value is -2.43. The van der Waals surface area contributed by atoms with Crippen molar-refractivity contribution in [1.29, 1.82) is 0 Å². The first-order valence-electron chi connectivity index (χ1n) is 8.75. The Morgan fingerprint density at radius 1 is 1.28 bits per heavy atom. The van der Waals surface area contributed by atoms with Crippen LogP contribution in [0.4, 0.5) is 5.13 Å². The maximum absolute atomic E-state index is 12.4. The molecule has 0 saturated carbocycles. The lowest BCUT2D eigenvalue weighted by Gasteiger charge is -2.09. The number of fused-ring (bicyclic) bond motifs is 1. The molecule has 0 aliphatic carbocycles. The van der Waals surface area contributed by atoms with Crippen LogP contribution in [0.2, 0.25) is 0 Å². The molecule has 29 heavy (non-hydrogen) atoms. The summed E-state index contributed by atoms with van der Waals surface area (Å²) in [6, 6.07) is 12.9. The number of benzene rings is 2. The number of amides is 1. The molecule has 0 atom stereocenters. The van der Waals surface area contributed by atoms with Crippen LogP contribution in [0, 0.1) is 0 Å². The van der Waals surface area contributed by atoms with Crippen LogP contribution in [-0.2, 0) is 11.3 Å². The fourth-order valence-electron chi connectivity index (χ4n) is 2.78. The molecule has 2 aromatic carbocycles. The van der Waals surface area contributed by atoms with Crippen LogP contribution in [0.15, 0.2) is 52.1 Å². The number of nitrogens with one attached hydrogen (secondary N) is 1. The molecule has 0 saturated heterocycles. The molecule has 2 aromatic heterocycles. The van der Waals surface area contributed by atoms with Crippen LogP contribution < -0.4 is 5.32 Å². The van der Waals surface area contributed by atoms with Gasteiger partial charge in [0.15, 0.2) is 16.1 Å². The molecule has 0 aliphatic heterocycles. The second kappa shape index (κ2) is 8.52. The first-order valence-corrected chi connectivity index (χ1v) is 11.3. The molecule has 10 heteroatoms. The van der Waals surface area contributed by atoms with E-state index in [2.05, 4.69) is 36.4 Å². The zero-order valence-corrected chi connectivity index (χ0v) is 18.5. The van der Waals surface area contributed by atoms with E-state index in [4.69, 9.17) is 0 Å². The number of aromatic nitrogens is 4. The number of anilines is 1. The Labute approximate surface area is 183 Å². The highest BCUT2D eigenvalue weighted by atomic mass is 79.9. The van der Waals surface area contributed by atoms with Crippen molar-refractivity contribution in [3.8, 4) is 17.1 Å². The van der Waals surface area contributed by atoms with Crippen molar-refractivity contribution in [2.45, 2.75) is 18.6 Å². The second-order valence-electron chi connectivity index (χ2n) is 6.04. The molecule has 0 bridgehead atoms. The van der Waals surface area contributed by atoms with E-state index >= 15 is 0 Å². The summed E-state index contributed by atoms with van der Waals surface area (Å²) in [5, 5.41) is 22.6. The predicted molar refractivity (Wildman–Crippen MR) is 119 cm³/mol. The lowest BCUT2D eigenvalue weighted by molar-refractivity contribution is -0.113. The zero-order valence-electron chi connectivity index (χ0n) is 15.3. The van der Waals surface area contributed by atoms with E-state index in [0.29, 0.717) is 28.2 Å². The normalized spacial score (nSPS) is 11.1. The summed E-state index contributed by atoms with van der Waals surface area (Å²) in [6.07, 6.45) is 0. The molecule has 0 spiro atoms. The van der Waals surface area contributed by atoms with Gasteiger partial charge in [-0.25, -0.2) is 4.98 Å². The molecule has 2 N–H and O–H groups in total. The number of halogens is 1. The molecule has 0 fully saturated rings. The van der Waals surface area contributed by atoms with Crippen molar-refractivity contribution < 1.29 is 9.90 Å². The number of thioether (sulfide) groups is 1. The number of phenolic OH excluding ortho intramolecular Hbond substituents is 1. The van der Waals surface area contributed by atoms with Gasteiger partial charge in [-0.05, 0) is 37.3 Å². The average Bonchev–Trinajstić information content (AvgIpc) is 3.31.